The van der Waals surface area contributed by atoms with Gasteiger partial charge in [0.25, 0.3) is 0 Å². The highest BCUT2D eigenvalue weighted by molar-refractivity contribution is 9.10. The maximum atomic E-state index is 12.2. The summed E-state index contributed by atoms with van der Waals surface area (Å²) < 4.78 is 27.2. The molecule has 0 aliphatic rings. The summed E-state index contributed by atoms with van der Waals surface area (Å²) in [5.74, 6) is -1.19. The second kappa shape index (κ2) is 6.27. The molecule has 0 amide bonds. The lowest BCUT2D eigenvalue weighted by molar-refractivity contribution is 0.0695. The molecule has 8 heteroatoms. The zero-order valence-electron chi connectivity index (χ0n) is 11.0. The molecule has 1 heterocycles. The molecular formula is C13H12BrNO4S2. The van der Waals surface area contributed by atoms with Gasteiger partial charge >= 0.3 is 5.97 Å². The first kappa shape index (κ1) is 16.2. The zero-order valence-corrected chi connectivity index (χ0v) is 14.2. The van der Waals surface area contributed by atoms with Crippen molar-refractivity contribution < 1.29 is 18.3 Å². The van der Waals surface area contributed by atoms with Crippen LogP contribution in [-0.2, 0) is 16.6 Å². The molecule has 5 nitrogen and oxygen atoms in total. The van der Waals surface area contributed by atoms with Gasteiger partial charge in [0.05, 0.1) is 10.5 Å². The summed E-state index contributed by atoms with van der Waals surface area (Å²) in [6.45, 7) is 2.08. The van der Waals surface area contributed by atoms with Crippen molar-refractivity contribution in [2.75, 3.05) is 0 Å². The number of rotatable bonds is 5. The standard InChI is InChI=1S/C13H12BrNO4S2/c1-8-6-20-7-9(8)5-15-21(18,19)10-2-3-12(14)11(4-10)13(16)17/h2-4,6-7,15H,5H2,1H3,(H,16,17). The van der Waals surface area contributed by atoms with E-state index in [4.69, 9.17) is 5.11 Å². The molecule has 21 heavy (non-hydrogen) atoms. The van der Waals surface area contributed by atoms with Gasteiger partial charge in [0.15, 0.2) is 0 Å². The van der Waals surface area contributed by atoms with E-state index in [1.54, 1.807) is 0 Å². The Hall–Kier alpha value is -1.22. The first-order valence-corrected chi connectivity index (χ1v) is 9.07. The molecule has 0 aliphatic carbocycles. The number of aryl methyl sites for hydroxylation is 1. The van der Waals surface area contributed by atoms with Crippen LogP contribution in [0, 0.1) is 6.92 Å². The average Bonchev–Trinajstić information content (AvgIpc) is 2.82. The summed E-state index contributed by atoms with van der Waals surface area (Å²) in [5, 5.41) is 12.8. The molecule has 0 bridgehead atoms. The van der Waals surface area contributed by atoms with Crippen molar-refractivity contribution in [2.24, 2.45) is 0 Å². The number of thiophene rings is 1. The highest BCUT2D eigenvalue weighted by atomic mass is 79.9. The third-order valence-corrected chi connectivity index (χ3v) is 5.89. The highest BCUT2D eigenvalue weighted by Crippen LogP contribution is 2.21. The monoisotopic (exact) mass is 389 g/mol. The van der Waals surface area contributed by atoms with Gasteiger partial charge in [0.2, 0.25) is 10.0 Å². The van der Waals surface area contributed by atoms with Gasteiger partial charge in [-0.3, -0.25) is 0 Å². The second-order valence-electron chi connectivity index (χ2n) is 4.35. The van der Waals surface area contributed by atoms with Crippen LogP contribution in [0.2, 0.25) is 0 Å². The van der Waals surface area contributed by atoms with E-state index in [-0.39, 0.29) is 17.0 Å². The van der Waals surface area contributed by atoms with E-state index in [9.17, 15) is 13.2 Å². The van der Waals surface area contributed by atoms with Crippen molar-refractivity contribution in [3.63, 3.8) is 0 Å². The minimum atomic E-state index is -3.76. The third kappa shape index (κ3) is 3.70. The molecule has 1 aromatic carbocycles. The number of aromatic carboxylic acids is 1. The second-order valence-corrected chi connectivity index (χ2v) is 7.72. The Balaban J connectivity index is 2.26. The van der Waals surface area contributed by atoms with Gasteiger partial charge in [0.1, 0.15) is 0 Å². The largest absolute Gasteiger partial charge is 0.478 e. The van der Waals surface area contributed by atoms with Crippen LogP contribution in [0.25, 0.3) is 0 Å². The number of halogens is 1. The maximum Gasteiger partial charge on any atom is 0.336 e. The summed E-state index contributed by atoms with van der Waals surface area (Å²) in [6.07, 6.45) is 0. The van der Waals surface area contributed by atoms with E-state index in [1.165, 1.54) is 23.5 Å². The highest BCUT2D eigenvalue weighted by Gasteiger charge is 2.18. The Morgan fingerprint density at radius 1 is 1.38 bits per heavy atom. The van der Waals surface area contributed by atoms with Crippen LogP contribution in [-0.4, -0.2) is 19.5 Å². The Morgan fingerprint density at radius 3 is 2.67 bits per heavy atom. The number of hydrogen-bond acceptors (Lipinski definition) is 4. The van der Waals surface area contributed by atoms with Crippen molar-refractivity contribution in [1.82, 2.24) is 4.72 Å². The third-order valence-electron chi connectivity index (χ3n) is 2.89. The van der Waals surface area contributed by atoms with E-state index in [0.29, 0.717) is 4.47 Å². The molecule has 1 aromatic heterocycles. The Morgan fingerprint density at radius 2 is 2.10 bits per heavy atom. The van der Waals surface area contributed by atoms with Crippen LogP contribution < -0.4 is 4.72 Å². The molecule has 2 aromatic rings. The topological polar surface area (TPSA) is 83.5 Å². The molecule has 0 aliphatic heterocycles. The summed E-state index contributed by atoms with van der Waals surface area (Å²) in [7, 11) is -3.76. The van der Waals surface area contributed by atoms with E-state index in [2.05, 4.69) is 20.7 Å². The number of carbonyl (C=O) groups is 1. The molecule has 2 N–H and O–H groups in total. The van der Waals surface area contributed by atoms with Gasteiger partial charge in [0, 0.05) is 11.0 Å². The molecule has 0 radical (unpaired) electrons. The molecular weight excluding hydrogens is 378 g/mol. The summed E-state index contributed by atoms with van der Waals surface area (Å²) in [5.41, 5.74) is 1.83. The fraction of sp³-hybridized carbons (Fsp3) is 0.154. The van der Waals surface area contributed by atoms with Crippen LogP contribution in [0.4, 0.5) is 0 Å². The molecule has 112 valence electrons. The number of hydrogen-bond donors (Lipinski definition) is 2. The number of sulfonamides is 1. The first-order valence-electron chi connectivity index (χ1n) is 5.85. The van der Waals surface area contributed by atoms with Crippen molar-refractivity contribution in [3.05, 3.63) is 50.1 Å². The SMILES string of the molecule is Cc1cscc1CNS(=O)(=O)c1ccc(Br)c(C(=O)O)c1. The van der Waals surface area contributed by atoms with Gasteiger partial charge in [-0.05, 0) is 62.9 Å². The van der Waals surface area contributed by atoms with Crippen molar-refractivity contribution >= 4 is 43.3 Å². The number of carboxylic acid groups (broad SMARTS) is 1. The minimum Gasteiger partial charge on any atom is -0.478 e. The number of benzene rings is 1. The predicted octanol–water partition coefficient (Wildman–Crippen LogP) is 3.00. The normalized spacial score (nSPS) is 11.5. The van der Waals surface area contributed by atoms with Crippen LogP contribution in [0.5, 0.6) is 0 Å². The quantitative estimate of drug-likeness (QED) is 0.822. The molecule has 2 rings (SSSR count). The molecule has 0 atom stereocenters. The lowest BCUT2D eigenvalue weighted by Crippen LogP contribution is -2.23. The van der Waals surface area contributed by atoms with E-state index >= 15 is 0 Å². The Kier molecular flexibility index (Phi) is 4.82. The van der Waals surface area contributed by atoms with Gasteiger partial charge in [-0.1, -0.05) is 0 Å². The predicted molar refractivity (Wildman–Crippen MR) is 84.2 cm³/mol. The lowest BCUT2D eigenvalue weighted by Gasteiger charge is -2.08. The van der Waals surface area contributed by atoms with E-state index in [0.717, 1.165) is 17.2 Å². The van der Waals surface area contributed by atoms with Crippen LogP contribution >= 0.6 is 27.3 Å². The van der Waals surface area contributed by atoms with Gasteiger partial charge in [-0.15, -0.1) is 0 Å². The molecule has 0 saturated heterocycles. The summed E-state index contributed by atoms with van der Waals surface area (Å²) in [4.78, 5) is 11.0. The van der Waals surface area contributed by atoms with Crippen molar-refractivity contribution in [3.8, 4) is 0 Å². The number of carboxylic acids is 1. The molecule has 0 saturated carbocycles. The molecule has 0 unspecified atom stereocenters. The van der Waals surface area contributed by atoms with E-state index < -0.39 is 16.0 Å². The zero-order chi connectivity index (χ0) is 15.6. The lowest BCUT2D eigenvalue weighted by atomic mass is 10.2. The van der Waals surface area contributed by atoms with Gasteiger partial charge in [-0.25, -0.2) is 17.9 Å². The fourth-order valence-corrected chi connectivity index (χ4v) is 3.97. The van der Waals surface area contributed by atoms with Crippen LogP contribution in [0.1, 0.15) is 21.5 Å². The Labute approximate surface area is 134 Å². The van der Waals surface area contributed by atoms with Crippen molar-refractivity contribution in [2.45, 2.75) is 18.4 Å². The van der Waals surface area contributed by atoms with E-state index in [1.807, 2.05) is 17.7 Å². The molecule has 0 fully saturated rings. The summed E-state index contributed by atoms with van der Waals surface area (Å²) >= 11 is 4.59. The van der Waals surface area contributed by atoms with Crippen molar-refractivity contribution in [1.29, 1.82) is 0 Å². The fourth-order valence-electron chi connectivity index (χ4n) is 1.66. The average molecular weight is 390 g/mol. The Bertz CT molecular complexity index is 783. The molecule has 0 spiro atoms. The first-order chi connectivity index (χ1) is 9.81. The number of nitrogens with one attached hydrogen (secondary N) is 1. The van der Waals surface area contributed by atoms with Gasteiger partial charge in [-0.2, -0.15) is 11.3 Å². The summed E-state index contributed by atoms with van der Waals surface area (Å²) in [6, 6.07) is 3.91. The minimum absolute atomic E-state index is 0.0732. The van der Waals surface area contributed by atoms with Crippen LogP contribution in [0.15, 0.2) is 38.3 Å². The smallest absolute Gasteiger partial charge is 0.336 e. The van der Waals surface area contributed by atoms with Gasteiger partial charge < -0.3 is 5.11 Å². The van der Waals surface area contributed by atoms with Crippen LogP contribution in [0.3, 0.4) is 0 Å². The maximum absolute atomic E-state index is 12.2.